The van der Waals surface area contributed by atoms with Gasteiger partial charge >= 0.3 is 0 Å². The summed E-state index contributed by atoms with van der Waals surface area (Å²) in [5.74, 6) is 1.18. The number of rotatable bonds is 5. The van der Waals surface area contributed by atoms with Crippen LogP contribution in [-0.2, 0) is 10.0 Å². The zero-order valence-electron chi connectivity index (χ0n) is 14.1. The molecule has 1 aromatic rings. The molecular weight excluding hydrogens is 316 g/mol. The lowest BCUT2D eigenvalue weighted by molar-refractivity contribution is 0.0835. The van der Waals surface area contributed by atoms with Crippen LogP contribution in [0.25, 0.3) is 0 Å². The molecule has 1 fully saturated rings. The molecule has 6 nitrogen and oxygen atoms in total. The Bertz CT molecular complexity index is 651. The first kappa shape index (κ1) is 18.0. The lowest BCUT2D eigenvalue weighted by Gasteiger charge is -2.37. The highest BCUT2D eigenvalue weighted by Gasteiger charge is 2.32. The molecular formula is C16H26N2O4S. The number of hydrogen-bond acceptors (Lipinski definition) is 4. The third-order valence-electron chi connectivity index (χ3n) is 4.68. The van der Waals surface area contributed by atoms with Gasteiger partial charge in [-0.3, -0.25) is 4.79 Å². The minimum Gasteiger partial charge on any atom is -0.438 e. The zero-order valence-corrected chi connectivity index (χ0v) is 14.9. The Morgan fingerprint density at radius 2 is 2.00 bits per heavy atom. The largest absolute Gasteiger partial charge is 0.438 e. The van der Waals surface area contributed by atoms with E-state index in [1.54, 1.807) is 0 Å². The van der Waals surface area contributed by atoms with E-state index in [-0.39, 0.29) is 22.8 Å². The minimum absolute atomic E-state index is 0.0274. The maximum absolute atomic E-state index is 12.4. The molecule has 0 aliphatic heterocycles. The van der Waals surface area contributed by atoms with E-state index in [0.717, 1.165) is 12.8 Å². The predicted molar refractivity (Wildman–Crippen MR) is 87.6 cm³/mol. The second-order valence-electron chi connectivity index (χ2n) is 6.73. The molecule has 1 aliphatic carbocycles. The second kappa shape index (κ2) is 7.05. The van der Waals surface area contributed by atoms with Crippen LogP contribution in [0.1, 0.15) is 50.6 Å². The van der Waals surface area contributed by atoms with Crippen molar-refractivity contribution in [2.45, 2.75) is 51.2 Å². The summed E-state index contributed by atoms with van der Waals surface area (Å²) in [4.78, 5) is 12.4. The molecule has 0 spiro atoms. The van der Waals surface area contributed by atoms with Crippen molar-refractivity contribution in [2.24, 2.45) is 17.8 Å². The molecule has 0 aromatic carbocycles. The molecule has 2 N–H and O–H groups in total. The lowest BCUT2D eigenvalue weighted by Crippen LogP contribution is -2.45. The van der Waals surface area contributed by atoms with Gasteiger partial charge in [0.1, 0.15) is 0 Å². The Balaban J connectivity index is 2.11. The molecule has 1 aromatic heterocycles. The van der Waals surface area contributed by atoms with Gasteiger partial charge in [-0.25, -0.2) is 13.1 Å². The van der Waals surface area contributed by atoms with Crippen LogP contribution in [0.4, 0.5) is 0 Å². The van der Waals surface area contributed by atoms with Gasteiger partial charge in [0, 0.05) is 6.04 Å². The van der Waals surface area contributed by atoms with Crippen LogP contribution in [0.3, 0.4) is 0 Å². The Morgan fingerprint density at radius 1 is 1.30 bits per heavy atom. The van der Waals surface area contributed by atoms with Crippen LogP contribution in [0.5, 0.6) is 0 Å². The number of nitrogens with one attached hydrogen (secondary N) is 2. The van der Waals surface area contributed by atoms with E-state index in [1.807, 2.05) is 0 Å². The first-order valence-corrected chi connectivity index (χ1v) is 9.57. The van der Waals surface area contributed by atoms with Gasteiger partial charge in [0.15, 0.2) is 5.76 Å². The molecule has 7 heteroatoms. The van der Waals surface area contributed by atoms with Crippen molar-refractivity contribution < 1.29 is 17.6 Å². The Morgan fingerprint density at radius 3 is 2.61 bits per heavy atom. The summed E-state index contributed by atoms with van der Waals surface area (Å²) in [7, 11) is -2.37. The van der Waals surface area contributed by atoms with Gasteiger partial charge in [0.25, 0.3) is 15.9 Å². The molecule has 2 rings (SSSR count). The molecule has 1 amide bonds. The van der Waals surface area contributed by atoms with Gasteiger partial charge in [0.05, 0.1) is 0 Å². The highest BCUT2D eigenvalue weighted by molar-refractivity contribution is 7.89. The van der Waals surface area contributed by atoms with Crippen LogP contribution in [-0.4, -0.2) is 27.4 Å². The van der Waals surface area contributed by atoms with Crippen molar-refractivity contribution >= 4 is 15.9 Å². The van der Waals surface area contributed by atoms with Crippen molar-refractivity contribution in [1.29, 1.82) is 0 Å². The summed E-state index contributed by atoms with van der Waals surface area (Å²) >= 11 is 0. The van der Waals surface area contributed by atoms with Crippen molar-refractivity contribution in [3.05, 3.63) is 17.9 Å². The number of hydrogen-bond donors (Lipinski definition) is 2. The van der Waals surface area contributed by atoms with E-state index in [9.17, 15) is 13.2 Å². The highest BCUT2D eigenvalue weighted by Crippen LogP contribution is 2.33. The summed E-state index contributed by atoms with van der Waals surface area (Å²) in [6, 6.07) is 2.79. The summed E-state index contributed by atoms with van der Waals surface area (Å²) < 4.78 is 30.7. The van der Waals surface area contributed by atoms with E-state index >= 15 is 0 Å². The summed E-state index contributed by atoms with van der Waals surface area (Å²) in [5.41, 5.74) is 0. The van der Waals surface area contributed by atoms with Crippen molar-refractivity contribution in [1.82, 2.24) is 10.0 Å². The van der Waals surface area contributed by atoms with Crippen LogP contribution >= 0.6 is 0 Å². The van der Waals surface area contributed by atoms with Crippen molar-refractivity contribution in [2.75, 3.05) is 7.05 Å². The zero-order chi connectivity index (χ0) is 17.2. The third-order valence-corrected chi connectivity index (χ3v) is 5.96. The molecule has 1 aliphatic rings. The van der Waals surface area contributed by atoms with Crippen LogP contribution in [0.2, 0.25) is 0 Å². The average Bonchev–Trinajstić information content (AvgIpc) is 2.97. The van der Waals surface area contributed by atoms with Crippen LogP contribution in [0, 0.1) is 17.8 Å². The standard InChI is InChI=1S/C16H26N2O4S/c1-10(2)12-6-5-11(3)9-13(12)18-16(19)14-7-8-15(22-14)23(20,21)17-4/h7-8,10-13,17H,5-6,9H2,1-4H3,(H,18,19). The van der Waals surface area contributed by atoms with Gasteiger partial charge in [-0.2, -0.15) is 0 Å². The van der Waals surface area contributed by atoms with Gasteiger partial charge in [0.2, 0.25) is 5.09 Å². The normalized spacial score (nSPS) is 25.5. The first-order chi connectivity index (χ1) is 10.7. The smallest absolute Gasteiger partial charge is 0.287 e. The SMILES string of the molecule is CNS(=O)(=O)c1ccc(C(=O)NC2CC(C)CCC2C(C)C)o1. The summed E-state index contributed by atoms with van der Waals surface area (Å²) in [6.45, 7) is 6.54. The molecule has 0 saturated heterocycles. The molecule has 0 radical (unpaired) electrons. The van der Waals surface area contributed by atoms with E-state index in [2.05, 4.69) is 30.8 Å². The number of furan rings is 1. The summed E-state index contributed by atoms with van der Waals surface area (Å²) in [5, 5.41) is 2.78. The molecule has 3 atom stereocenters. The topological polar surface area (TPSA) is 88.4 Å². The fraction of sp³-hybridized carbons (Fsp3) is 0.688. The monoisotopic (exact) mass is 342 g/mol. The van der Waals surface area contributed by atoms with E-state index < -0.39 is 10.0 Å². The molecule has 1 heterocycles. The molecule has 3 unspecified atom stereocenters. The lowest BCUT2D eigenvalue weighted by atomic mass is 9.74. The number of carbonyl (C=O) groups excluding carboxylic acids is 1. The molecule has 1 saturated carbocycles. The minimum atomic E-state index is -3.67. The van der Waals surface area contributed by atoms with E-state index in [4.69, 9.17) is 4.42 Å². The number of sulfonamides is 1. The summed E-state index contributed by atoms with van der Waals surface area (Å²) in [6.07, 6.45) is 3.22. The molecule has 23 heavy (non-hydrogen) atoms. The first-order valence-electron chi connectivity index (χ1n) is 8.09. The number of carbonyl (C=O) groups is 1. The van der Waals surface area contributed by atoms with Crippen molar-refractivity contribution in [3.8, 4) is 0 Å². The Labute approximate surface area is 138 Å². The van der Waals surface area contributed by atoms with E-state index in [0.29, 0.717) is 17.8 Å². The second-order valence-corrected chi connectivity index (χ2v) is 8.55. The maximum atomic E-state index is 12.4. The Kier molecular flexibility index (Phi) is 5.52. The van der Waals surface area contributed by atoms with Crippen LogP contribution in [0.15, 0.2) is 21.6 Å². The van der Waals surface area contributed by atoms with Crippen molar-refractivity contribution in [3.63, 3.8) is 0 Å². The van der Waals surface area contributed by atoms with Gasteiger partial charge < -0.3 is 9.73 Å². The fourth-order valence-corrected chi connectivity index (χ4v) is 3.94. The maximum Gasteiger partial charge on any atom is 0.287 e. The van der Waals surface area contributed by atoms with Gasteiger partial charge in [-0.1, -0.05) is 27.2 Å². The van der Waals surface area contributed by atoms with Gasteiger partial charge in [-0.15, -0.1) is 0 Å². The van der Waals surface area contributed by atoms with Crippen LogP contribution < -0.4 is 10.0 Å². The molecule has 130 valence electrons. The quantitative estimate of drug-likeness (QED) is 0.860. The highest BCUT2D eigenvalue weighted by atomic mass is 32.2. The Hall–Kier alpha value is -1.34. The van der Waals surface area contributed by atoms with E-state index in [1.165, 1.54) is 25.6 Å². The van der Waals surface area contributed by atoms with Gasteiger partial charge in [-0.05, 0) is 49.8 Å². The molecule has 0 bridgehead atoms. The predicted octanol–water partition coefficient (Wildman–Crippen LogP) is 2.38. The fourth-order valence-electron chi connectivity index (χ4n) is 3.29. The third kappa shape index (κ3) is 4.14. The number of amides is 1. The average molecular weight is 342 g/mol.